The third-order valence-electron chi connectivity index (χ3n) is 5.20. The minimum atomic E-state index is -3.96. The molecular weight excluding hydrogens is 408 g/mol. The summed E-state index contributed by atoms with van der Waals surface area (Å²) < 4.78 is 28.8. The van der Waals surface area contributed by atoms with E-state index in [1.807, 2.05) is 56.3 Å². The Hall–Kier alpha value is -3.12. The second-order valence-electron chi connectivity index (χ2n) is 7.53. The first kappa shape index (κ1) is 22.6. The molecule has 3 aromatic carbocycles. The van der Waals surface area contributed by atoms with Gasteiger partial charge in [-0.05, 0) is 49.6 Å². The third kappa shape index (κ3) is 5.14. The van der Waals surface area contributed by atoms with E-state index in [9.17, 15) is 13.2 Å². The fraction of sp³-hybridized carbons (Fsp3) is 0.240. The summed E-state index contributed by atoms with van der Waals surface area (Å²) in [5.41, 5.74) is 3.07. The van der Waals surface area contributed by atoms with Crippen molar-refractivity contribution in [3.8, 4) is 0 Å². The third-order valence-corrected chi connectivity index (χ3v) is 7.20. The van der Waals surface area contributed by atoms with Gasteiger partial charge in [0.15, 0.2) is 0 Å². The minimum Gasteiger partial charge on any atom is -0.350 e. The number of hydrogen-bond acceptors (Lipinski definition) is 3. The predicted molar refractivity (Wildman–Crippen MR) is 124 cm³/mol. The number of anilines is 1. The highest BCUT2D eigenvalue weighted by atomic mass is 32.2. The molecule has 162 valence electrons. The molecule has 3 rings (SSSR count). The summed E-state index contributed by atoms with van der Waals surface area (Å²) in [6.45, 7) is 5.86. The summed E-state index contributed by atoms with van der Waals surface area (Å²) >= 11 is 0. The monoisotopic (exact) mass is 436 g/mol. The molecule has 0 aliphatic carbocycles. The van der Waals surface area contributed by atoms with Gasteiger partial charge in [-0.15, -0.1) is 0 Å². The van der Waals surface area contributed by atoms with Gasteiger partial charge in [0.2, 0.25) is 5.91 Å². The summed E-state index contributed by atoms with van der Waals surface area (Å²) in [6.07, 6.45) is 0.333. The number of nitrogens with zero attached hydrogens (tertiary/aromatic N) is 1. The topological polar surface area (TPSA) is 66.5 Å². The van der Waals surface area contributed by atoms with Crippen LogP contribution in [0.25, 0.3) is 0 Å². The van der Waals surface area contributed by atoms with Gasteiger partial charge in [-0.25, -0.2) is 8.42 Å². The summed E-state index contributed by atoms with van der Waals surface area (Å²) in [5, 5.41) is 2.90. The van der Waals surface area contributed by atoms with Gasteiger partial charge < -0.3 is 5.32 Å². The quantitative estimate of drug-likeness (QED) is 0.561. The van der Waals surface area contributed by atoms with Crippen LogP contribution in [-0.4, -0.2) is 20.4 Å². The normalized spacial score (nSPS) is 12.2. The van der Waals surface area contributed by atoms with Gasteiger partial charge in [0.25, 0.3) is 10.0 Å². The van der Waals surface area contributed by atoms with E-state index in [4.69, 9.17) is 0 Å². The Morgan fingerprint density at radius 2 is 1.52 bits per heavy atom. The standard InChI is InChI=1S/C25H28N2O3S/c1-4-23(25(28)26-18-21-11-6-5-7-12-21)27(22-16-14-19(2)15-17-22)31(29,30)24-13-9-8-10-20(24)3/h5-17,23H,4,18H2,1-3H3,(H,26,28). The van der Waals surface area contributed by atoms with Crippen LogP contribution in [0, 0.1) is 13.8 Å². The molecule has 0 fully saturated rings. The molecule has 0 aliphatic heterocycles. The maximum absolute atomic E-state index is 13.8. The fourth-order valence-corrected chi connectivity index (χ4v) is 5.41. The van der Waals surface area contributed by atoms with E-state index in [0.29, 0.717) is 24.2 Å². The highest BCUT2D eigenvalue weighted by Crippen LogP contribution is 2.29. The number of sulfonamides is 1. The number of carbonyl (C=O) groups excluding carboxylic acids is 1. The highest BCUT2D eigenvalue weighted by molar-refractivity contribution is 7.93. The van der Waals surface area contributed by atoms with Gasteiger partial charge in [-0.3, -0.25) is 9.10 Å². The number of rotatable bonds is 8. The second-order valence-corrected chi connectivity index (χ2v) is 9.31. The van der Waals surface area contributed by atoms with E-state index in [2.05, 4.69) is 5.32 Å². The SMILES string of the molecule is CCC(C(=O)NCc1ccccc1)N(c1ccc(C)cc1)S(=O)(=O)c1ccccc1C. The Kier molecular flexibility index (Phi) is 7.13. The van der Waals surface area contributed by atoms with Crippen molar-refractivity contribution in [2.45, 2.75) is 44.7 Å². The van der Waals surface area contributed by atoms with Crippen LogP contribution in [0.1, 0.15) is 30.0 Å². The predicted octanol–water partition coefficient (Wildman–Crippen LogP) is 4.59. The molecule has 1 N–H and O–H groups in total. The van der Waals surface area contributed by atoms with Crippen molar-refractivity contribution in [1.82, 2.24) is 5.32 Å². The van der Waals surface area contributed by atoms with Crippen molar-refractivity contribution in [2.24, 2.45) is 0 Å². The van der Waals surface area contributed by atoms with E-state index in [0.717, 1.165) is 11.1 Å². The van der Waals surface area contributed by atoms with Crippen LogP contribution < -0.4 is 9.62 Å². The van der Waals surface area contributed by atoms with Crippen molar-refractivity contribution in [1.29, 1.82) is 0 Å². The molecule has 1 amide bonds. The van der Waals surface area contributed by atoms with Gasteiger partial charge in [-0.2, -0.15) is 0 Å². The highest BCUT2D eigenvalue weighted by Gasteiger charge is 2.35. The number of nitrogens with one attached hydrogen (secondary N) is 1. The Labute approximate surface area is 184 Å². The van der Waals surface area contributed by atoms with Crippen LogP contribution in [0.4, 0.5) is 5.69 Å². The van der Waals surface area contributed by atoms with Gasteiger partial charge in [0, 0.05) is 6.54 Å². The Balaban J connectivity index is 2.01. The zero-order chi connectivity index (χ0) is 22.4. The van der Waals surface area contributed by atoms with E-state index in [1.165, 1.54) is 4.31 Å². The van der Waals surface area contributed by atoms with E-state index >= 15 is 0 Å². The van der Waals surface area contributed by atoms with Crippen molar-refractivity contribution >= 4 is 21.6 Å². The Bertz CT molecular complexity index is 1130. The van der Waals surface area contributed by atoms with E-state index in [-0.39, 0.29) is 10.8 Å². The molecule has 0 aliphatic rings. The number of amides is 1. The summed E-state index contributed by atoms with van der Waals surface area (Å²) in [5.74, 6) is -0.330. The van der Waals surface area contributed by atoms with Crippen molar-refractivity contribution in [2.75, 3.05) is 4.31 Å². The first-order chi connectivity index (χ1) is 14.8. The molecule has 0 heterocycles. The van der Waals surface area contributed by atoms with E-state index < -0.39 is 16.1 Å². The van der Waals surface area contributed by atoms with E-state index in [1.54, 1.807) is 43.3 Å². The molecule has 0 bridgehead atoms. The molecule has 1 atom stereocenters. The van der Waals surface area contributed by atoms with Crippen molar-refractivity contribution in [3.63, 3.8) is 0 Å². The number of aryl methyl sites for hydroxylation is 2. The summed E-state index contributed by atoms with van der Waals surface area (Å²) in [7, 11) is -3.96. The molecule has 3 aromatic rings. The largest absolute Gasteiger partial charge is 0.350 e. The van der Waals surface area contributed by atoms with Crippen LogP contribution in [0.2, 0.25) is 0 Å². The summed E-state index contributed by atoms with van der Waals surface area (Å²) in [4.78, 5) is 13.4. The van der Waals surface area contributed by atoms with Gasteiger partial charge in [-0.1, -0.05) is 73.2 Å². The minimum absolute atomic E-state index is 0.199. The molecule has 5 nitrogen and oxygen atoms in total. The molecule has 31 heavy (non-hydrogen) atoms. The molecule has 0 radical (unpaired) electrons. The Morgan fingerprint density at radius 3 is 2.13 bits per heavy atom. The molecule has 1 unspecified atom stereocenters. The van der Waals surface area contributed by atoms with Gasteiger partial charge >= 0.3 is 0 Å². The lowest BCUT2D eigenvalue weighted by Crippen LogP contribution is -2.49. The summed E-state index contributed by atoms with van der Waals surface area (Å²) in [6, 6.07) is 22.7. The molecular formula is C25H28N2O3S. The zero-order valence-electron chi connectivity index (χ0n) is 18.1. The molecule has 0 aromatic heterocycles. The first-order valence-corrected chi connectivity index (χ1v) is 11.8. The maximum Gasteiger partial charge on any atom is 0.265 e. The number of benzene rings is 3. The average Bonchev–Trinajstić information content (AvgIpc) is 2.77. The zero-order valence-corrected chi connectivity index (χ0v) is 18.9. The van der Waals surface area contributed by atoms with Crippen LogP contribution in [-0.2, 0) is 21.4 Å². The maximum atomic E-state index is 13.8. The molecule has 0 saturated heterocycles. The Morgan fingerprint density at radius 1 is 0.903 bits per heavy atom. The fourth-order valence-electron chi connectivity index (χ4n) is 3.49. The lowest BCUT2D eigenvalue weighted by Gasteiger charge is -2.32. The molecule has 6 heteroatoms. The van der Waals surface area contributed by atoms with Crippen molar-refractivity contribution < 1.29 is 13.2 Å². The van der Waals surface area contributed by atoms with Gasteiger partial charge in [0.05, 0.1) is 10.6 Å². The average molecular weight is 437 g/mol. The van der Waals surface area contributed by atoms with Crippen LogP contribution in [0.5, 0.6) is 0 Å². The van der Waals surface area contributed by atoms with Gasteiger partial charge in [0.1, 0.15) is 6.04 Å². The molecule has 0 spiro atoms. The lowest BCUT2D eigenvalue weighted by atomic mass is 10.1. The number of hydrogen-bond donors (Lipinski definition) is 1. The smallest absolute Gasteiger partial charge is 0.265 e. The van der Waals surface area contributed by atoms with Crippen molar-refractivity contribution in [3.05, 3.63) is 95.6 Å². The second kappa shape index (κ2) is 9.79. The van der Waals surface area contributed by atoms with Crippen LogP contribution in [0.15, 0.2) is 83.8 Å². The number of carbonyl (C=O) groups is 1. The van der Waals surface area contributed by atoms with Crippen LogP contribution >= 0.6 is 0 Å². The molecule has 0 saturated carbocycles. The lowest BCUT2D eigenvalue weighted by molar-refractivity contribution is -0.122. The van der Waals surface area contributed by atoms with Crippen LogP contribution in [0.3, 0.4) is 0 Å². The first-order valence-electron chi connectivity index (χ1n) is 10.3.